The van der Waals surface area contributed by atoms with Crippen LogP contribution in [0.3, 0.4) is 0 Å². The van der Waals surface area contributed by atoms with E-state index in [0.717, 1.165) is 16.9 Å². The van der Waals surface area contributed by atoms with Crippen molar-refractivity contribution in [2.45, 2.75) is 20.4 Å². The first-order valence-electron chi connectivity index (χ1n) is 8.78. The highest BCUT2D eigenvalue weighted by molar-refractivity contribution is 5.92. The minimum absolute atomic E-state index is 0.0572. The molecule has 1 aromatic heterocycles. The van der Waals surface area contributed by atoms with Crippen molar-refractivity contribution in [1.82, 2.24) is 9.88 Å². The fourth-order valence-corrected chi connectivity index (χ4v) is 2.69. The zero-order valence-electron chi connectivity index (χ0n) is 15.1. The Labute approximate surface area is 154 Å². The summed E-state index contributed by atoms with van der Waals surface area (Å²) >= 11 is 0. The Morgan fingerprint density at radius 3 is 2.27 bits per heavy atom. The van der Waals surface area contributed by atoms with Gasteiger partial charge in [0.15, 0.2) is 0 Å². The van der Waals surface area contributed by atoms with E-state index in [1.807, 2.05) is 55.5 Å². The number of benzene rings is 2. The summed E-state index contributed by atoms with van der Waals surface area (Å²) in [5.74, 6) is -0.0572. The lowest BCUT2D eigenvalue weighted by Gasteiger charge is -2.20. The zero-order chi connectivity index (χ0) is 18.4. The van der Waals surface area contributed by atoms with E-state index in [1.54, 1.807) is 17.2 Å². The summed E-state index contributed by atoms with van der Waals surface area (Å²) in [5, 5.41) is 3.29. The number of carbonyl (C=O) groups excluding carboxylic acids is 1. The van der Waals surface area contributed by atoms with Crippen LogP contribution < -0.4 is 5.32 Å². The van der Waals surface area contributed by atoms with E-state index in [0.29, 0.717) is 18.8 Å². The standard InChI is InChI=1S/C22H23N3O/c1-3-25(16-18-7-5-4-6-8-18)22(26)21-14-13-20(15-23-21)24-19-11-9-17(2)10-12-19/h4-15,24H,3,16H2,1-2H3. The van der Waals surface area contributed by atoms with E-state index in [4.69, 9.17) is 0 Å². The van der Waals surface area contributed by atoms with Gasteiger partial charge in [-0.25, -0.2) is 4.98 Å². The maximum Gasteiger partial charge on any atom is 0.272 e. The third-order valence-corrected chi connectivity index (χ3v) is 4.21. The highest BCUT2D eigenvalue weighted by Crippen LogP contribution is 2.17. The number of hydrogen-bond donors (Lipinski definition) is 1. The second kappa shape index (κ2) is 8.30. The lowest BCUT2D eigenvalue weighted by Crippen LogP contribution is -2.30. The van der Waals surface area contributed by atoms with Gasteiger partial charge in [-0.2, -0.15) is 0 Å². The van der Waals surface area contributed by atoms with Crippen molar-refractivity contribution in [2.24, 2.45) is 0 Å². The summed E-state index contributed by atoms with van der Waals surface area (Å²) < 4.78 is 0. The summed E-state index contributed by atoms with van der Waals surface area (Å²) in [6.45, 7) is 5.26. The Morgan fingerprint density at radius 2 is 1.65 bits per heavy atom. The Hall–Kier alpha value is -3.14. The van der Waals surface area contributed by atoms with Crippen LogP contribution in [-0.2, 0) is 6.54 Å². The molecule has 132 valence electrons. The molecule has 4 nitrogen and oxygen atoms in total. The fourth-order valence-electron chi connectivity index (χ4n) is 2.69. The van der Waals surface area contributed by atoms with Crippen LogP contribution in [0.15, 0.2) is 72.9 Å². The van der Waals surface area contributed by atoms with Gasteiger partial charge < -0.3 is 10.2 Å². The molecule has 0 saturated heterocycles. The van der Waals surface area contributed by atoms with E-state index in [9.17, 15) is 4.79 Å². The first-order chi connectivity index (χ1) is 12.7. The number of aryl methyl sites for hydroxylation is 1. The summed E-state index contributed by atoms with van der Waals surface area (Å²) in [7, 11) is 0. The number of rotatable bonds is 6. The van der Waals surface area contributed by atoms with Gasteiger partial charge in [-0.1, -0.05) is 48.0 Å². The molecule has 3 rings (SSSR count). The molecule has 0 radical (unpaired) electrons. The second-order valence-corrected chi connectivity index (χ2v) is 6.23. The largest absolute Gasteiger partial charge is 0.354 e. The number of nitrogens with zero attached hydrogens (tertiary/aromatic N) is 2. The number of aromatic nitrogens is 1. The van der Waals surface area contributed by atoms with Gasteiger partial charge in [-0.3, -0.25) is 4.79 Å². The first kappa shape index (κ1) is 17.7. The van der Waals surface area contributed by atoms with Gasteiger partial charge in [0.25, 0.3) is 5.91 Å². The highest BCUT2D eigenvalue weighted by atomic mass is 16.2. The predicted octanol–water partition coefficient (Wildman–Crippen LogP) is 4.80. The number of anilines is 2. The number of nitrogens with one attached hydrogen (secondary N) is 1. The van der Waals surface area contributed by atoms with Gasteiger partial charge in [0, 0.05) is 18.8 Å². The smallest absolute Gasteiger partial charge is 0.272 e. The van der Waals surface area contributed by atoms with Gasteiger partial charge in [0.2, 0.25) is 0 Å². The molecule has 0 unspecified atom stereocenters. The van der Waals surface area contributed by atoms with Crippen LogP contribution >= 0.6 is 0 Å². The Morgan fingerprint density at radius 1 is 0.962 bits per heavy atom. The molecular formula is C22H23N3O. The van der Waals surface area contributed by atoms with Gasteiger partial charge in [0.05, 0.1) is 11.9 Å². The molecule has 0 saturated carbocycles. The van der Waals surface area contributed by atoms with Crippen molar-refractivity contribution < 1.29 is 4.79 Å². The minimum Gasteiger partial charge on any atom is -0.354 e. The third kappa shape index (κ3) is 4.48. The Balaban J connectivity index is 1.68. The topological polar surface area (TPSA) is 45.2 Å². The molecule has 1 N–H and O–H groups in total. The van der Waals surface area contributed by atoms with Crippen LogP contribution in [0.1, 0.15) is 28.5 Å². The molecule has 0 aliphatic carbocycles. The second-order valence-electron chi connectivity index (χ2n) is 6.23. The maximum atomic E-state index is 12.7. The molecule has 0 spiro atoms. The summed E-state index contributed by atoms with van der Waals surface area (Å²) in [6, 6.07) is 21.8. The average molecular weight is 345 g/mol. The van der Waals surface area contributed by atoms with Crippen LogP contribution in [0.2, 0.25) is 0 Å². The molecule has 0 bridgehead atoms. The quantitative estimate of drug-likeness (QED) is 0.698. The number of pyridine rings is 1. The SMILES string of the molecule is CCN(Cc1ccccc1)C(=O)c1ccc(Nc2ccc(C)cc2)cn1. The molecule has 0 aliphatic rings. The monoisotopic (exact) mass is 345 g/mol. The molecule has 1 amide bonds. The molecule has 2 aromatic carbocycles. The molecule has 3 aromatic rings. The Kier molecular flexibility index (Phi) is 5.64. The molecular weight excluding hydrogens is 322 g/mol. The molecule has 0 fully saturated rings. The lowest BCUT2D eigenvalue weighted by molar-refractivity contribution is 0.0746. The van der Waals surface area contributed by atoms with E-state index >= 15 is 0 Å². The van der Waals surface area contributed by atoms with E-state index in [2.05, 4.69) is 29.4 Å². The third-order valence-electron chi connectivity index (χ3n) is 4.21. The molecule has 0 aliphatic heterocycles. The van der Waals surface area contributed by atoms with Crippen molar-refractivity contribution in [3.05, 3.63) is 89.7 Å². The van der Waals surface area contributed by atoms with Crippen LogP contribution in [0.25, 0.3) is 0 Å². The predicted molar refractivity (Wildman–Crippen MR) is 106 cm³/mol. The molecule has 0 atom stereocenters. The highest BCUT2D eigenvalue weighted by Gasteiger charge is 2.15. The molecule has 4 heteroatoms. The van der Waals surface area contributed by atoms with Crippen molar-refractivity contribution in [2.75, 3.05) is 11.9 Å². The normalized spacial score (nSPS) is 10.4. The summed E-state index contributed by atoms with van der Waals surface area (Å²) in [4.78, 5) is 18.9. The van der Waals surface area contributed by atoms with Gasteiger partial charge >= 0.3 is 0 Å². The Bertz CT molecular complexity index is 843. The average Bonchev–Trinajstić information content (AvgIpc) is 2.69. The number of hydrogen-bond acceptors (Lipinski definition) is 3. The van der Waals surface area contributed by atoms with Crippen LogP contribution in [0, 0.1) is 6.92 Å². The summed E-state index contributed by atoms with van der Waals surface area (Å²) in [5.41, 5.74) is 4.64. The molecule has 26 heavy (non-hydrogen) atoms. The van der Waals surface area contributed by atoms with Crippen LogP contribution in [0.5, 0.6) is 0 Å². The first-order valence-corrected chi connectivity index (χ1v) is 8.78. The number of carbonyl (C=O) groups is 1. The lowest BCUT2D eigenvalue weighted by atomic mass is 10.2. The van der Waals surface area contributed by atoms with Gasteiger partial charge in [0.1, 0.15) is 5.69 Å². The molecule has 1 heterocycles. The van der Waals surface area contributed by atoms with Crippen molar-refractivity contribution in [1.29, 1.82) is 0 Å². The van der Waals surface area contributed by atoms with Gasteiger partial charge in [-0.15, -0.1) is 0 Å². The maximum absolute atomic E-state index is 12.7. The van der Waals surface area contributed by atoms with Crippen LogP contribution in [-0.4, -0.2) is 22.3 Å². The van der Waals surface area contributed by atoms with E-state index in [1.165, 1.54) is 5.56 Å². The van der Waals surface area contributed by atoms with Gasteiger partial charge in [-0.05, 0) is 43.7 Å². The number of amides is 1. The fraction of sp³-hybridized carbons (Fsp3) is 0.182. The van der Waals surface area contributed by atoms with E-state index < -0.39 is 0 Å². The van der Waals surface area contributed by atoms with Crippen molar-refractivity contribution in [3.63, 3.8) is 0 Å². The van der Waals surface area contributed by atoms with Crippen LogP contribution in [0.4, 0.5) is 11.4 Å². The zero-order valence-corrected chi connectivity index (χ0v) is 15.1. The minimum atomic E-state index is -0.0572. The summed E-state index contributed by atoms with van der Waals surface area (Å²) in [6.07, 6.45) is 1.70. The van der Waals surface area contributed by atoms with E-state index in [-0.39, 0.29) is 5.91 Å². The van der Waals surface area contributed by atoms with Crippen molar-refractivity contribution >= 4 is 17.3 Å². The van der Waals surface area contributed by atoms with Crippen molar-refractivity contribution in [3.8, 4) is 0 Å².